The minimum Gasteiger partial charge on any atom is -0.364 e. The maximum Gasteiger partial charge on any atom is 0.122 e. The van der Waals surface area contributed by atoms with Gasteiger partial charge in [-0.15, -0.1) is 0 Å². The quantitative estimate of drug-likeness (QED) is 0.789. The molecule has 3 nitrogen and oxygen atoms in total. The highest BCUT2D eigenvalue weighted by atomic mass is 32.2. The lowest BCUT2D eigenvalue weighted by Gasteiger charge is -2.10. The minimum absolute atomic E-state index is 0.112. The average molecular weight is 241 g/mol. The topological polar surface area (TPSA) is 52.3 Å². The summed E-state index contributed by atoms with van der Waals surface area (Å²) in [4.78, 5) is 0. The summed E-state index contributed by atoms with van der Waals surface area (Å²) in [6.45, 7) is 3.03. The molecule has 2 atom stereocenters. The Balaban J connectivity index is 2.23. The second-order valence-electron chi connectivity index (χ2n) is 3.72. The van der Waals surface area contributed by atoms with Crippen LogP contribution in [0.4, 0.5) is 0 Å². The van der Waals surface area contributed by atoms with Crippen molar-refractivity contribution in [3.8, 4) is 0 Å². The second kappa shape index (κ2) is 7.54. The highest BCUT2D eigenvalue weighted by Gasteiger charge is 2.09. The van der Waals surface area contributed by atoms with Crippen LogP contribution in [0.25, 0.3) is 0 Å². The lowest BCUT2D eigenvalue weighted by molar-refractivity contribution is 0.165. The van der Waals surface area contributed by atoms with E-state index < -0.39 is 10.8 Å². The van der Waals surface area contributed by atoms with Crippen molar-refractivity contribution in [1.29, 1.82) is 0 Å². The standard InChI is InChI=1S/C12H19NO2S/c1-11(7-8-13)16(14)10-15-9-12-5-3-2-4-6-12/h2-6,11H,7-10,13H2,1H3. The molecule has 0 aliphatic rings. The molecule has 2 unspecified atom stereocenters. The van der Waals surface area contributed by atoms with Gasteiger partial charge in [0.05, 0.1) is 17.4 Å². The van der Waals surface area contributed by atoms with Gasteiger partial charge < -0.3 is 10.5 Å². The largest absolute Gasteiger partial charge is 0.364 e. The van der Waals surface area contributed by atoms with Crippen LogP contribution in [0.3, 0.4) is 0 Å². The lowest BCUT2D eigenvalue weighted by Crippen LogP contribution is -2.19. The number of hydrogen-bond donors (Lipinski definition) is 1. The predicted molar refractivity (Wildman–Crippen MR) is 67.4 cm³/mol. The molecule has 0 saturated heterocycles. The van der Waals surface area contributed by atoms with Gasteiger partial charge in [-0.1, -0.05) is 37.3 Å². The van der Waals surface area contributed by atoms with Gasteiger partial charge in [0.15, 0.2) is 0 Å². The predicted octanol–water partition coefficient (Wildman–Crippen LogP) is 1.65. The van der Waals surface area contributed by atoms with Gasteiger partial charge in [0.25, 0.3) is 0 Å². The van der Waals surface area contributed by atoms with Gasteiger partial charge in [-0.25, -0.2) is 0 Å². The first kappa shape index (κ1) is 13.4. The van der Waals surface area contributed by atoms with Gasteiger partial charge in [0.1, 0.15) is 5.94 Å². The van der Waals surface area contributed by atoms with Crippen molar-refractivity contribution in [1.82, 2.24) is 0 Å². The molecule has 4 heteroatoms. The molecule has 0 saturated carbocycles. The summed E-state index contributed by atoms with van der Waals surface area (Å²) >= 11 is 0. The van der Waals surface area contributed by atoms with E-state index in [1.165, 1.54) is 0 Å². The Kier molecular flexibility index (Phi) is 6.30. The van der Waals surface area contributed by atoms with Gasteiger partial charge in [-0.2, -0.15) is 0 Å². The molecular weight excluding hydrogens is 222 g/mol. The van der Waals surface area contributed by atoms with Crippen LogP contribution < -0.4 is 5.73 Å². The van der Waals surface area contributed by atoms with Crippen LogP contribution in [-0.2, 0) is 22.1 Å². The van der Waals surface area contributed by atoms with E-state index in [0.717, 1.165) is 12.0 Å². The third-order valence-corrected chi connectivity index (χ3v) is 3.87. The molecule has 0 radical (unpaired) electrons. The first-order valence-electron chi connectivity index (χ1n) is 5.43. The molecule has 0 fully saturated rings. The van der Waals surface area contributed by atoms with Gasteiger partial charge in [-0.05, 0) is 18.5 Å². The summed E-state index contributed by atoms with van der Waals surface area (Å²) in [6.07, 6.45) is 0.779. The summed E-state index contributed by atoms with van der Waals surface area (Å²) in [5.41, 5.74) is 6.51. The lowest BCUT2D eigenvalue weighted by atomic mass is 10.2. The zero-order chi connectivity index (χ0) is 11.8. The van der Waals surface area contributed by atoms with Gasteiger partial charge in [0.2, 0.25) is 0 Å². The van der Waals surface area contributed by atoms with Crippen molar-refractivity contribution in [2.24, 2.45) is 5.73 Å². The molecule has 1 aromatic rings. The first-order valence-corrected chi connectivity index (χ1v) is 6.81. The van der Waals surface area contributed by atoms with Crippen LogP contribution in [0, 0.1) is 0 Å². The fourth-order valence-electron chi connectivity index (χ4n) is 1.30. The van der Waals surface area contributed by atoms with Crippen LogP contribution >= 0.6 is 0 Å². The highest BCUT2D eigenvalue weighted by molar-refractivity contribution is 7.85. The zero-order valence-electron chi connectivity index (χ0n) is 9.59. The van der Waals surface area contributed by atoms with Crippen LogP contribution in [0.2, 0.25) is 0 Å². The Morgan fingerprint density at radius 1 is 1.38 bits per heavy atom. The van der Waals surface area contributed by atoms with E-state index in [-0.39, 0.29) is 11.2 Å². The van der Waals surface area contributed by atoms with E-state index in [0.29, 0.717) is 13.2 Å². The molecule has 0 aromatic heterocycles. The van der Waals surface area contributed by atoms with E-state index >= 15 is 0 Å². The minimum atomic E-state index is -0.941. The van der Waals surface area contributed by atoms with Crippen molar-refractivity contribution in [2.75, 3.05) is 12.5 Å². The molecule has 16 heavy (non-hydrogen) atoms. The summed E-state index contributed by atoms with van der Waals surface area (Å²) in [7, 11) is -0.941. The Labute approximate surface area is 99.4 Å². The van der Waals surface area contributed by atoms with Crippen molar-refractivity contribution >= 4 is 10.8 Å². The van der Waals surface area contributed by atoms with E-state index in [2.05, 4.69) is 0 Å². The van der Waals surface area contributed by atoms with Gasteiger partial charge >= 0.3 is 0 Å². The summed E-state index contributed by atoms with van der Waals surface area (Å²) in [5, 5.41) is 0.112. The van der Waals surface area contributed by atoms with E-state index in [4.69, 9.17) is 10.5 Å². The van der Waals surface area contributed by atoms with E-state index in [1.807, 2.05) is 37.3 Å². The molecule has 0 amide bonds. The number of hydrogen-bond acceptors (Lipinski definition) is 3. The Hall–Kier alpha value is -0.710. The fourth-order valence-corrected chi connectivity index (χ4v) is 2.18. The second-order valence-corrected chi connectivity index (χ2v) is 5.52. The smallest absolute Gasteiger partial charge is 0.122 e. The summed E-state index contributed by atoms with van der Waals surface area (Å²) in [5.74, 6) is 0.288. The molecule has 0 bridgehead atoms. The number of ether oxygens (including phenoxy) is 1. The molecule has 0 heterocycles. The monoisotopic (exact) mass is 241 g/mol. The van der Waals surface area contributed by atoms with Crippen LogP contribution in [0.5, 0.6) is 0 Å². The van der Waals surface area contributed by atoms with E-state index in [9.17, 15) is 4.21 Å². The van der Waals surface area contributed by atoms with Gasteiger partial charge in [-0.3, -0.25) is 4.21 Å². The molecular formula is C12H19NO2S. The van der Waals surface area contributed by atoms with Crippen LogP contribution in [-0.4, -0.2) is 21.9 Å². The Morgan fingerprint density at radius 2 is 2.06 bits per heavy atom. The molecule has 2 N–H and O–H groups in total. The SMILES string of the molecule is CC(CCN)S(=O)COCc1ccccc1. The fraction of sp³-hybridized carbons (Fsp3) is 0.500. The van der Waals surface area contributed by atoms with E-state index in [1.54, 1.807) is 0 Å². The molecule has 0 aliphatic carbocycles. The number of nitrogens with two attached hydrogens (primary N) is 1. The van der Waals surface area contributed by atoms with Gasteiger partial charge in [0, 0.05) is 5.25 Å². The Morgan fingerprint density at radius 3 is 2.69 bits per heavy atom. The zero-order valence-corrected chi connectivity index (χ0v) is 10.4. The van der Waals surface area contributed by atoms with Crippen LogP contribution in [0.1, 0.15) is 18.9 Å². The maximum absolute atomic E-state index is 11.7. The summed E-state index contributed by atoms with van der Waals surface area (Å²) in [6, 6.07) is 9.88. The van der Waals surface area contributed by atoms with Crippen molar-refractivity contribution < 1.29 is 8.95 Å². The molecule has 0 spiro atoms. The van der Waals surface area contributed by atoms with Crippen molar-refractivity contribution in [3.05, 3.63) is 35.9 Å². The third kappa shape index (κ3) is 4.88. The first-order chi connectivity index (χ1) is 7.74. The molecule has 1 aromatic carbocycles. The third-order valence-electron chi connectivity index (χ3n) is 2.33. The van der Waals surface area contributed by atoms with Crippen molar-refractivity contribution in [3.63, 3.8) is 0 Å². The molecule has 1 rings (SSSR count). The molecule has 90 valence electrons. The maximum atomic E-state index is 11.7. The number of rotatable bonds is 7. The van der Waals surface area contributed by atoms with Crippen molar-refractivity contribution in [2.45, 2.75) is 25.2 Å². The number of benzene rings is 1. The summed E-state index contributed by atoms with van der Waals surface area (Å²) < 4.78 is 17.1. The highest BCUT2D eigenvalue weighted by Crippen LogP contribution is 2.04. The Bertz CT molecular complexity index is 316. The molecule has 0 aliphatic heterocycles. The average Bonchev–Trinajstić information content (AvgIpc) is 2.30. The normalized spacial score (nSPS) is 14.6. The van der Waals surface area contributed by atoms with Crippen LogP contribution in [0.15, 0.2) is 30.3 Å².